The van der Waals surface area contributed by atoms with Crippen LogP contribution in [0.5, 0.6) is 5.75 Å². The molecule has 0 aliphatic carbocycles. The van der Waals surface area contributed by atoms with E-state index in [1.165, 1.54) is 0 Å². The van der Waals surface area contributed by atoms with Crippen LogP contribution in [-0.4, -0.2) is 30.6 Å². The highest BCUT2D eigenvalue weighted by Crippen LogP contribution is 2.29. The van der Waals surface area contributed by atoms with Crippen molar-refractivity contribution in [3.8, 4) is 5.75 Å². The molecule has 6 nitrogen and oxygen atoms in total. The van der Waals surface area contributed by atoms with Crippen LogP contribution in [-0.2, 0) is 16.1 Å². The fourth-order valence-corrected chi connectivity index (χ4v) is 3.26. The average Bonchev–Trinajstić information content (AvgIpc) is 2.73. The van der Waals surface area contributed by atoms with Gasteiger partial charge in [-0.1, -0.05) is 42.5 Å². The van der Waals surface area contributed by atoms with Gasteiger partial charge in [-0.15, -0.1) is 0 Å². The molecule has 1 aliphatic rings. The number of allylic oxidation sites excluding steroid dienone is 1. The predicted octanol–water partition coefficient (Wildman–Crippen LogP) is 3.80. The summed E-state index contributed by atoms with van der Waals surface area (Å²) in [4.78, 5) is 24.6. The highest BCUT2D eigenvalue weighted by molar-refractivity contribution is 7.98. The standard InChI is InChI=1S/C22H24N2O4S/c1-15-19(21(25)27-12-13-29-2)20(24-22(26)23-15)17-8-10-18(11-9-17)28-14-16-6-4-3-5-7-16/h3-11,20H,12-14H2,1-2H3,(H2,23,24,26)/t20-/m0/s1. The van der Waals surface area contributed by atoms with Crippen LogP contribution in [0.2, 0.25) is 0 Å². The number of carbonyl (C=O) groups is 2. The van der Waals surface area contributed by atoms with E-state index in [0.717, 1.165) is 16.9 Å². The minimum atomic E-state index is -0.575. The largest absolute Gasteiger partial charge is 0.489 e. The lowest BCUT2D eigenvalue weighted by molar-refractivity contribution is -0.138. The van der Waals surface area contributed by atoms with E-state index in [4.69, 9.17) is 9.47 Å². The van der Waals surface area contributed by atoms with Crippen LogP contribution in [0.25, 0.3) is 0 Å². The molecule has 2 aromatic rings. The number of urea groups is 1. The Bertz CT molecular complexity index is 881. The average molecular weight is 413 g/mol. The molecule has 0 fully saturated rings. The van der Waals surface area contributed by atoms with Gasteiger partial charge in [-0.25, -0.2) is 9.59 Å². The van der Waals surface area contributed by atoms with Crippen LogP contribution >= 0.6 is 11.8 Å². The summed E-state index contributed by atoms with van der Waals surface area (Å²) in [6, 6.07) is 16.3. The zero-order valence-electron chi connectivity index (χ0n) is 16.4. The predicted molar refractivity (Wildman–Crippen MR) is 114 cm³/mol. The van der Waals surface area contributed by atoms with Crippen molar-refractivity contribution in [3.05, 3.63) is 77.0 Å². The van der Waals surface area contributed by atoms with Crippen molar-refractivity contribution in [1.82, 2.24) is 10.6 Å². The van der Waals surface area contributed by atoms with Gasteiger partial charge in [0.25, 0.3) is 0 Å². The minimum absolute atomic E-state index is 0.323. The van der Waals surface area contributed by atoms with Gasteiger partial charge in [0, 0.05) is 11.4 Å². The van der Waals surface area contributed by atoms with Crippen molar-refractivity contribution in [2.45, 2.75) is 19.6 Å². The van der Waals surface area contributed by atoms with E-state index >= 15 is 0 Å². The fourth-order valence-electron chi connectivity index (χ4n) is 3.01. The number of hydrogen-bond acceptors (Lipinski definition) is 5. The first-order valence-electron chi connectivity index (χ1n) is 9.29. The quantitative estimate of drug-likeness (QED) is 0.509. The Morgan fingerprint density at radius 1 is 1.10 bits per heavy atom. The van der Waals surface area contributed by atoms with Crippen LogP contribution in [0, 0.1) is 0 Å². The number of esters is 1. The molecule has 2 aromatic carbocycles. The lowest BCUT2D eigenvalue weighted by Crippen LogP contribution is -2.45. The third kappa shape index (κ3) is 5.54. The second-order valence-corrected chi connectivity index (χ2v) is 7.53. The van der Waals surface area contributed by atoms with E-state index in [1.807, 2.05) is 60.9 Å². The van der Waals surface area contributed by atoms with Crippen LogP contribution in [0.15, 0.2) is 65.9 Å². The molecule has 29 heavy (non-hydrogen) atoms. The number of amides is 2. The molecular formula is C22H24N2O4S. The van der Waals surface area contributed by atoms with Gasteiger partial charge < -0.3 is 20.1 Å². The van der Waals surface area contributed by atoms with Crippen LogP contribution < -0.4 is 15.4 Å². The van der Waals surface area contributed by atoms with Crippen molar-refractivity contribution < 1.29 is 19.1 Å². The molecule has 1 atom stereocenters. The number of ether oxygens (including phenoxy) is 2. The third-order valence-corrected chi connectivity index (χ3v) is 5.05. The van der Waals surface area contributed by atoms with E-state index in [9.17, 15) is 9.59 Å². The van der Waals surface area contributed by atoms with E-state index in [2.05, 4.69) is 10.6 Å². The summed E-state index contributed by atoms with van der Waals surface area (Å²) < 4.78 is 11.2. The second kappa shape index (κ2) is 10.0. The molecule has 0 aromatic heterocycles. The zero-order valence-corrected chi connectivity index (χ0v) is 17.3. The molecule has 152 valence electrons. The smallest absolute Gasteiger partial charge is 0.338 e. The number of nitrogens with one attached hydrogen (secondary N) is 2. The van der Waals surface area contributed by atoms with Gasteiger partial charge in [-0.05, 0) is 36.4 Å². The molecule has 0 spiro atoms. The normalized spacial score (nSPS) is 16.1. The monoisotopic (exact) mass is 412 g/mol. The van der Waals surface area contributed by atoms with E-state index in [0.29, 0.717) is 30.2 Å². The van der Waals surface area contributed by atoms with Crippen molar-refractivity contribution >= 4 is 23.8 Å². The minimum Gasteiger partial charge on any atom is -0.489 e. The van der Waals surface area contributed by atoms with Crippen molar-refractivity contribution in [1.29, 1.82) is 0 Å². The van der Waals surface area contributed by atoms with Gasteiger partial charge in [0.2, 0.25) is 0 Å². The summed E-state index contributed by atoms with van der Waals surface area (Å²) in [5.41, 5.74) is 2.76. The highest BCUT2D eigenvalue weighted by atomic mass is 32.2. The van der Waals surface area contributed by atoms with Gasteiger partial charge in [0.15, 0.2) is 0 Å². The SMILES string of the molecule is CSCCOC(=O)C1=C(C)NC(=O)N[C@H]1c1ccc(OCc2ccccc2)cc1. The van der Waals surface area contributed by atoms with Crippen LogP contribution in [0.4, 0.5) is 4.79 Å². The van der Waals surface area contributed by atoms with Gasteiger partial charge in [-0.2, -0.15) is 11.8 Å². The number of carbonyl (C=O) groups excluding carboxylic acids is 2. The molecule has 2 amide bonds. The topological polar surface area (TPSA) is 76.7 Å². The van der Waals surface area contributed by atoms with E-state index in [1.54, 1.807) is 18.7 Å². The summed E-state index contributed by atoms with van der Waals surface area (Å²) in [5, 5.41) is 5.46. The number of thioether (sulfide) groups is 1. The van der Waals surface area contributed by atoms with Crippen LogP contribution in [0.3, 0.4) is 0 Å². The Labute approximate surface area is 174 Å². The Balaban J connectivity index is 1.73. The lowest BCUT2D eigenvalue weighted by atomic mass is 9.95. The molecule has 2 N–H and O–H groups in total. The molecule has 1 aliphatic heterocycles. The van der Waals surface area contributed by atoms with Crippen molar-refractivity contribution in [2.24, 2.45) is 0 Å². The summed E-state index contributed by atoms with van der Waals surface area (Å²) in [7, 11) is 0. The summed E-state index contributed by atoms with van der Waals surface area (Å²) in [5.74, 6) is 0.997. The van der Waals surface area contributed by atoms with Crippen molar-refractivity contribution in [3.63, 3.8) is 0 Å². The first-order chi connectivity index (χ1) is 14.1. The van der Waals surface area contributed by atoms with Gasteiger partial charge in [-0.3, -0.25) is 0 Å². The second-order valence-electron chi connectivity index (χ2n) is 6.54. The molecule has 0 bridgehead atoms. The molecular weight excluding hydrogens is 388 g/mol. The van der Waals surface area contributed by atoms with Gasteiger partial charge in [0.1, 0.15) is 19.0 Å². The number of benzene rings is 2. The summed E-state index contributed by atoms with van der Waals surface area (Å²) >= 11 is 1.60. The number of hydrogen-bond donors (Lipinski definition) is 2. The third-order valence-electron chi connectivity index (χ3n) is 4.47. The zero-order chi connectivity index (χ0) is 20.6. The maximum absolute atomic E-state index is 12.6. The van der Waals surface area contributed by atoms with Gasteiger partial charge >= 0.3 is 12.0 Å². The van der Waals surface area contributed by atoms with Crippen molar-refractivity contribution in [2.75, 3.05) is 18.6 Å². The van der Waals surface area contributed by atoms with E-state index in [-0.39, 0.29) is 6.03 Å². The Kier molecular flexibility index (Phi) is 7.19. The maximum Gasteiger partial charge on any atom is 0.338 e. The maximum atomic E-state index is 12.6. The Morgan fingerprint density at radius 2 is 1.83 bits per heavy atom. The molecule has 7 heteroatoms. The Hall–Kier alpha value is -2.93. The highest BCUT2D eigenvalue weighted by Gasteiger charge is 2.32. The van der Waals surface area contributed by atoms with E-state index < -0.39 is 12.0 Å². The molecule has 0 saturated carbocycles. The molecule has 0 radical (unpaired) electrons. The first-order valence-corrected chi connectivity index (χ1v) is 10.7. The lowest BCUT2D eigenvalue weighted by Gasteiger charge is -2.28. The molecule has 0 unspecified atom stereocenters. The van der Waals surface area contributed by atoms with Crippen LogP contribution in [0.1, 0.15) is 24.1 Å². The molecule has 1 heterocycles. The summed E-state index contributed by atoms with van der Waals surface area (Å²) in [6.45, 7) is 2.49. The Morgan fingerprint density at radius 3 is 2.52 bits per heavy atom. The first kappa shape index (κ1) is 20.8. The summed E-state index contributed by atoms with van der Waals surface area (Å²) in [6.07, 6.45) is 1.95. The fraction of sp³-hybridized carbons (Fsp3) is 0.273. The molecule has 3 rings (SSSR count). The number of rotatable bonds is 8. The van der Waals surface area contributed by atoms with Gasteiger partial charge in [0.05, 0.1) is 11.6 Å². The molecule has 0 saturated heterocycles.